The van der Waals surface area contributed by atoms with Gasteiger partial charge in [0.2, 0.25) is 5.91 Å². The molecule has 1 saturated heterocycles. The van der Waals surface area contributed by atoms with Crippen LogP contribution in [0.15, 0.2) is 42.6 Å². The van der Waals surface area contributed by atoms with Crippen molar-refractivity contribution in [1.29, 1.82) is 0 Å². The quantitative estimate of drug-likeness (QED) is 0.406. The number of rotatable bonds is 7. The number of carbonyl (C=O) groups is 2. The van der Waals surface area contributed by atoms with Gasteiger partial charge in [-0.25, -0.2) is 9.78 Å². The van der Waals surface area contributed by atoms with E-state index in [0.29, 0.717) is 44.0 Å². The zero-order valence-electron chi connectivity index (χ0n) is 17.5. The van der Waals surface area contributed by atoms with Crippen LogP contribution in [0.4, 0.5) is 17.2 Å². The van der Waals surface area contributed by atoms with Crippen molar-refractivity contribution in [2.75, 3.05) is 43.0 Å². The maximum absolute atomic E-state index is 12.6. The number of nitro benzene ring substituents is 1. The van der Waals surface area contributed by atoms with E-state index in [9.17, 15) is 19.7 Å². The van der Waals surface area contributed by atoms with E-state index in [1.54, 1.807) is 25.1 Å². The van der Waals surface area contributed by atoms with Gasteiger partial charge in [-0.3, -0.25) is 19.8 Å². The van der Waals surface area contributed by atoms with Crippen LogP contribution in [0, 0.1) is 10.1 Å². The molecule has 164 valence electrons. The summed E-state index contributed by atoms with van der Waals surface area (Å²) in [7, 11) is 0. The van der Waals surface area contributed by atoms with Crippen molar-refractivity contribution in [3.05, 3.63) is 58.3 Å². The first-order valence-electron chi connectivity index (χ1n) is 10.1. The van der Waals surface area contributed by atoms with Crippen LogP contribution in [-0.4, -0.2) is 65.5 Å². The molecule has 0 saturated carbocycles. The van der Waals surface area contributed by atoms with Crippen molar-refractivity contribution in [1.82, 2.24) is 9.88 Å². The molecule has 3 rings (SSSR count). The predicted octanol–water partition coefficient (Wildman–Crippen LogP) is 2.32. The highest BCUT2D eigenvalue weighted by molar-refractivity contribution is 5.94. The average molecular weight is 427 g/mol. The molecule has 0 aliphatic carbocycles. The van der Waals surface area contributed by atoms with Crippen LogP contribution >= 0.6 is 0 Å². The number of non-ortho nitro benzene ring substituents is 1. The number of nitrogens with zero attached hydrogens (tertiary/aromatic N) is 4. The van der Waals surface area contributed by atoms with Gasteiger partial charge in [-0.05, 0) is 32.0 Å². The summed E-state index contributed by atoms with van der Waals surface area (Å²) < 4.78 is 4.97. The van der Waals surface area contributed by atoms with Crippen molar-refractivity contribution < 1.29 is 19.2 Å². The number of ether oxygens (including phenoxy) is 1. The SMILES string of the molecule is CCOC(=O)c1ccc(N2CCN(C(C)C(=O)Nc3cccc([N+](=O)[O-])c3)CC2)nc1. The highest BCUT2D eigenvalue weighted by Gasteiger charge is 2.26. The number of aromatic nitrogens is 1. The van der Waals surface area contributed by atoms with Crippen LogP contribution in [0.2, 0.25) is 0 Å². The largest absolute Gasteiger partial charge is 0.462 e. The van der Waals surface area contributed by atoms with Crippen molar-refractivity contribution in [3.8, 4) is 0 Å². The highest BCUT2D eigenvalue weighted by Crippen LogP contribution is 2.19. The van der Waals surface area contributed by atoms with Gasteiger partial charge in [-0.15, -0.1) is 0 Å². The number of nitrogens with one attached hydrogen (secondary N) is 1. The summed E-state index contributed by atoms with van der Waals surface area (Å²) in [4.78, 5) is 43.3. The van der Waals surface area contributed by atoms with Gasteiger partial charge in [0, 0.05) is 50.2 Å². The zero-order chi connectivity index (χ0) is 22.4. The Labute approximate surface area is 180 Å². The normalized spacial score (nSPS) is 15.2. The molecule has 1 aromatic carbocycles. The fourth-order valence-electron chi connectivity index (χ4n) is 3.36. The number of anilines is 2. The lowest BCUT2D eigenvalue weighted by atomic mass is 10.2. The number of piperazine rings is 1. The second kappa shape index (κ2) is 9.98. The number of benzene rings is 1. The Morgan fingerprint density at radius 3 is 2.58 bits per heavy atom. The minimum Gasteiger partial charge on any atom is -0.462 e. The minimum atomic E-state index is -0.494. The van der Waals surface area contributed by atoms with Crippen LogP contribution in [0.3, 0.4) is 0 Å². The van der Waals surface area contributed by atoms with Gasteiger partial charge in [-0.2, -0.15) is 0 Å². The third kappa shape index (κ3) is 5.54. The molecular weight excluding hydrogens is 402 g/mol. The second-order valence-corrected chi connectivity index (χ2v) is 7.12. The maximum Gasteiger partial charge on any atom is 0.339 e. The highest BCUT2D eigenvalue weighted by atomic mass is 16.6. The smallest absolute Gasteiger partial charge is 0.339 e. The molecule has 0 radical (unpaired) electrons. The van der Waals surface area contributed by atoms with Crippen LogP contribution < -0.4 is 10.2 Å². The summed E-state index contributed by atoms with van der Waals surface area (Å²) in [6.07, 6.45) is 1.51. The van der Waals surface area contributed by atoms with Crippen molar-refractivity contribution in [2.45, 2.75) is 19.9 Å². The molecule has 2 heterocycles. The molecule has 0 bridgehead atoms. The van der Waals surface area contributed by atoms with Gasteiger partial charge in [0.15, 0.2) is 0 Å². The fourth-order valence-corrected chi connectivity index (χ4v) is 3.36. The average Bonchev–Trinajstić information content (AvgIpc) is 2.79. The van der Waals surface area contributed by atoms with Crippen molar-refractivity contribution >= 4 is 29.1 Å². The van der Waals surface area contributed by atoms with Gasteiger partial charge in [0.25, 0.3) is 5.69 Å². The summed E-state index contributed by atoms with van der Waals surface area (Å²) in [5.74, 6) is 0.155. The lowest BCUT2D eigenvalue weighted by Gasteiger charge is -2.38. The third-order valence-electron chi connectivity index (χ3n) is 5.15. The molecule has 1 unspecified atom stereocenters. The Balaban J connectivity index is 1.54. The predicted molar refractivity (Wildman–Crippen MR) is 115 cm³/mol. The molecule has 1 amide bonds. The standard InChI is InChI=1S/C21H25N5O5/c1-3-31-21(28)16-7-8-19(22-14-16)25-11-9-24(10-12-25)15(2)20(27)23-17-5-4-6-18(13-17)26(29)30/h4-8,13-15H,3,9-12H2,1-2H3,(H,23,27). The molecule has 1 aliphatic heterocycles. The number of hydrogen-bond donors (Lipinski definition) is 1. The lowest BCUT2D eigenvalue weighted by molar-refractivity contribution is -0.384. The molecule has 1 aliphatic rings. The topological polar surface area (TPSA) is 118 Å². The van der Waals surface area contributed by atoms with Crippen LogP contribution in [0.5, 0.6) is 0 Å². The molecule has 2 aromatic rings. The molecular formula is C21H25N5O5. The van der Waals surface area contributed by atoms with Crippen molar-refractivity contribution in [3.63, 3.8) is 0 Å². The Morgan fingerprint density at radius 1 is 1.23 bits per heavy atom. The van der Waals surface area contributed by atoms with E-state index >= 15 is 0 Å². The van der Waals surface area contributed by atoms with E-state index in [1.807, 2.05) is 6.92 Å². The van der Waals surface area contributed by atoms with E-state index < -0.39 is 10.9 Å². The first-order valence-corrected chi connectivity index (χ1v) is 10.1. The maximum atomic E-state index is 12.6. The van der Waals surface area contributed by atoms with E-state index in [0.717, 1.165) is 5.82 Å². The number of carbonyl (C=O) groups excluding carboxylic acids is 2. The number of hydrogen-bond acceptors (Lipinski definition) is 8. The molecule has 1 fully saturated rings. The first kappa shape index (κ1) is 22.2. The van der Waals surface area contributed by atoms with Gasteiger partial charge in [-0.1, -0.05) is 6.07 Å². The molecule has 10 nitrogen and oxygen atoms in total. The van der Waals surface area contributed by atoms with Gasteiger partial charge >= 0.3 is 5.97 Å². The van der Waals surface area contributed by atoms with Crippen LogP contribution in [-0.2, 0) is 9.53 Å². The Morgan fingerprint density at radius 2 is 1.97 bits per heavy atom. The number of esters is 1. The third-order valence-corrected chi connectivity index (χ3v) is 5.15. The van der Waals surface area contributed by atoms with E-state index in [4.69, 9.17) is 4.74 Å². The van der Waals surface area contributed by atoms with Crippen molar-refractivity contribution in [2.24, 2.45) is 0 Å². The Kier molecular flexibility index (Phi) is 7.14. The summed E-state index contributed by atoms with van der Waals surface area (Å²) in [6, 6.07) is 8.99. The zero-order valence-corrected chi connectivity index (χ0v) is 17.5. The Bertz CT molecular complexity index is 941. The van der Waals surface area contributed by atoms with Gasteiger partial charge in [0.1, 0.15) is 5.82 Å². The summed E-state index contributed by atoms with van der Waals surface area (Å²) in [5, 5.41) is 13.7. The van der Waals surface area contributed by atoms with Crippen LogP contribution in [0.25, 0.3) is 0 Å². The number of amides is 1. The molecule has 0 spiro atoms. The number of nitro groups is 1. The molecule has 1 N–H and O–H groups in total. The lowest BCUT2D eigenvalue weighted by Crippen LogP contribution is -2.53. The first-order chi connectivity index (χ1) is 14.9. The minimum absolute atomic E-state index is 0.0689. The fraction of sp³-hybridized carbons (Fsp3) is 0.381. The van der Waals surface area contributed by atoms with E-state index in [1.165, 1.54) is 24.4 Å². The molecule has 10 heteroatoms. The van der Waals surface area contributed by atoms with E-state index in [-0.39, 0.29) is 17.6 Å². The van der Waals surface area contributed by atoms with Crippen LogP contribution in [0.1, 0.15) is 24.2 Å². The van der Waals surface area contributed by atoms with E-state index in [2.05, 4.69) is 20.1 Å². The summed E-state index contributed by atoms with van der Waals surface area (Å²) in [6.45, 7) is 6.56. The second-order valence-electron chi connectivity index (χ2n) is 7.12. The molecule has 31 heavy (non-hydrogen) atoms. The monoisotopic (exact) mass is 427 g/mol. The van der Waals surface area contributed by atoms with Gasteiger partial charge in [0.05, 0.1) is 23.1 Å². The number of pyridine rings is 1. The van der Waals surface area contributed by atoms with Gasteiger partial charge < -0.3 is 15.0 Å². The summed E-state index contributed by atoms with van der Waals surface area (Å²) >= 11 is 0. The molecule has 1 aromatic heterocycles. The molecule has 1 atom stereocenters. The summed E-state index contributed by atoms with van der Waals surface area (Å²) in [5.41, 5.74) is 0.742. The Hall–Kier alpha value is -3.53.